The Bertz CT molecular complexity index is 820. The van der Waals surface area contributed by atoms with Gasteiger partial charge in [-0.2, -0.15) is 15.4 Å². The fraction of sp³-hybridized carbons (Fsp3) is 0.250. The number of hydrogen-bond donors (Lipinski definition) is 2. The second-order valence-electron chi connectivity index (χ2n) is 5.56. The van der Waals surface area contributed by atoms with Crippen LogP contribution >= 0.6 is 0 Å². The van der Waals surface area contributed by atoms with Crippen LogP contribution in [-0.2, 0) is 6.54 Å². The van der Waals surface area contributed by atoms with Crippen LogP contribution in [0.2, 0.25) is 0 Å². The lowest BCUT2D eigenvalue weighted by atomic mass is 10.1. The van der Waals surface area contributed by atoms with E-state index in [9.17, 15) is 4.79 Å². The molecular weight excluding hydrogens is 294 g/mol. The molecule has 7 nitrogen and oxygen atoms in total. The molecule has 0 saturated heterocycles. The van der Waals surface area contributed by atoms with Crippen LogP contribution in [0.25, 0.3) is 11.3 Å². The summed E-state index contributed by atoms with van der Waals surface area (Å²) in [5, 5.41) is 17.3. The number of aromatic nitrogens is 4. The Balaban J connectivity index is 1.42. The Hall–Kier alpha value is -2.96. The van der Waals surface area contributed by atoms with Crippen LogP contribution in [0.3, 0.4) is 0 Å². The summed E-state index contributed by atoms with van der Waals surface area (Å²) >= 11 is 0. The minimum Gasteiger partial charge on any atom is -0.356 e. The molecule has 7 heteroatoms. The Kier molecular flexibility index (Phi) is 3.38. The minimum absolute atomic E-state index is 0.245. The quantitative estimate of drug-likeness (QED) is 0.753. The maximum atomic E-state index is 12.2. The molecule has 0 bridgehead atoms. The van der Waals surface area contributed by atoms with Crippen molar-refractivity contribution in [2.24, 2.45) is 0 Å². The van der Waals surface area contributed by atoms with Crippen LogP contribution < -0.4 is 5.32 Å². The fourth-order valence-electron chi connectivity index (χ4n) is 2.44. The van der Waals surface area contributed by atoms with Crippen molar-refractivity contribution in [3.8, 4) is 11.3 Å². The first-order chi connectivity index (χ1) is 11.3. The highest BCUT2D eigenvalue weighted by Crippen LogP contribution is 2.39. The number of carbonyl (C=O) groups is 1. The Morgan fingerprint density at radius 2 is 2.09 bits per heavy atom. The van der Waals surface area contributed by atoms with Gasteiger partial charge in [0.15, 0.2) is 11.5 Å². The lowest BCUT2D eigenvalue weighted by molar-refractivity contribution is 0.0944. The number of H-pyrrole nitrogens is 1. The van der Waals surface area contributed by atoms with Gasteiger partial charge < -0.3 is 9.84 Å². The molecule has 3 aromatic rings. The van der Waals surface area contributed by atoms with Gasteiger partial charge in [0.1, 0.15) is 5.69 Å². The van der Waals surface area contributed by atoms with E-state index in [0.29, 0.717) is 23.1 Å². The van der Waals surface area contributed by atoms with E-state index < -0.39 is 0 Å². The van der Waals surface area contributed by atoms with E-state index in [1.54, 1.807) is 0 Å². The molecule has 0 unspecified atom stereocenters. The van der Waals surface area contributed by atoms with Crippen LogP contribution in [0.1, 0.15) is 40.6 Å². The molecule has 2 heterocycles. The molecule has 1 aliphatic rings. The first-order valence-electron chi connectivity index (χ1n) is 7.51. The van der Waals surface area contributed by atoms with Crippen LogP contribution in [0.5, 0.6) is 0 Å². The van der Waals surface area contributed by atoms with Crippen molar-refractivity contribution in [2.45, 2.75) is 25.3 Å². The van der Waals surface area contributed by atoms with Crippen molar-refractivity contribution < 1.29 is 9.32 Å². The van der Waals surface area contributed by atoms with Gasteiger partial charge >= 0.3 is 0 Å². The smallest absolute Gasteiger partial charge is 0.274 e. The average molecular weight is 309 g/mol. The van der Waals surface area contributed by atoms with Gasteiger partial charge in [0, 0.05) is 17.5 Å². The van der Waals surface area contributed by atoms with E-state index in [4.69, 9.17) is 4.52 Å². The van der Waals surface area contributed by atoms with Crippen LogP contribution in [0.4, 0.5) is 0 Å². The van der Waals surface area contributed by atoms with Gasteiger partial charge in [0.2, 0.25) is 0 Å². The molecule has 1 aromatic carbocycles. The highest BCUT2D eigenvalue weighted by molar-refractivity contribution is 5.93. The molecule has 116 valence electrons. The summed E-state index contributed by atoms with van der Waals surface area (Å²) in [5.74, 6) is 0.797. The molecule has 0 aliphatic heterocycles. The summed E-state index contributed by atoms with van der Waals surface area (Å²) in [6.07, 6.45) is 2.13. The molecule has 2 N–H and O–H groups in total. The van der Waals surface area contributed by atoms with Gasteiger partial charge in [-0.1, -0.05) is 35.5 Å². The van der Waals surface area contributed by atoms with Crippen molar-refractivity contribution >= 4 is 5.91 Å². The van der Waals surface area contributed by atoms with Gasteiger partial charge in [-0.15, -0.1) is 0 Å². The molecule has 1 fully saturated rings. The van der Waals surface area contributed by atoms with Crippen molar-refractivity contribution in [3.05, 3.63) is 53.5 Å². The largest absolute Gasteiger partial charge is 0.356 e. The summed E-state index contributed by atoms with van der Waals surface area (Å²) in [6.45, 7) is 0.284. The lowest BCUT2D eigenvalue weighted by Crippen LogP contribution is -2.24. The average Bonchev–Trinajstić information content (AvgIpc) is 3.13. The summed E-state index contributed by atoms with van der Waals surface area (Å²) in [7, 11) is 0. The Morgan fingerprint density at radius 1 is 1.26 bits per heavy atom. The van der Waals surface area contributed by atoms with E-state index in [0.717, 1.165) is 24.1 Å². The summed E-state index contributed by atoms with van der Waals surface area (Å²) < 4.78 is 5.31. The normalized spacial score (nSPS) is 13.9. The molecule has 0 radical (unpaired) electrons. The third kappa shape index (κ3) is 2.85. The predicted octanol–water partition coefficient (Wildman–Crippen LogP) is 2.27. The monoisotopic (exact) mass is 309 g/mol. The molecule has 2 aromatic heterocycles. The maximum Gasteiger partial charge on any atom is 0.274 e. The van der Waals surface area contributed by atoms with Crippen molar-refractivity contribution in [3.63, 3.8) is 0 Å². The third-order valence-electron chi connectivity index (χ3n) is 3.80. The fourth-order valence-corrected chi connectivity index (χ4v) is 2.44. The van der Waals surface area contributed by atoms with E-state index >= 15 is 0 Å². The van der Waals surface area contributed by atoms with Crippen LogP contribution in [-0.4, -0.2) is 26.5 Å². The zero-order valence-electron chi connectivity index (χ0n) is 12.3. The van der Waals surface area contributed by atoms with Crippen molar-refractivity contribution in [2.75, 3.05) is 0 Å². The van der Waals surface area contributed by atoms with Crippen molar-refractivity contribution in [1.29, 1.82) is 0 Å². The molecule has 23 heavy (non-hydrogen) atoms. The summed E-state index contributed by atoms with van der Waals surface area (Å²) in [5.41, 5.74) is 2.74. The lowest BCUT2D eigenvalue weighted by Gasteiger charge is -2.00. The highest BCUT2D eigenvalue weighted by atomic mass is 16.5. The topological polar surface area (TPSA) is 96.7 Å². The molecule has 0 atom stereocenters. The van der Waals surface area contributed by atoms with E-state index in [1.807, 2.05) is 36.4 Å². The zero-order chi connectivity index (χ0) is 15.6. The second-order valence-corrected chi connectivity index (χ2v) is 5.56. The zero-order valence-corrected chi connectivity index (χ0v) is 12.3. The number of benzene rings is 1. The van der Waals surface area contributed by atoms with Crippen molar-refractivity contribution in [1.82, 2.24) is 25.9 Å². The molecule has 1 amide bonds. The standard InChI is InChI=1S/C16H15N5O2/c22-16(15-14(11-6-7-11)18-21-19-15)17-9-12-8-13(23-20-12)10-4-2-1-3-5-10/h1-5,8,11H,6-7,9H2,(H,17,22)(H,18,19,21). The van der Waals surface area contributed by atoms with E-state index in [-0.39, 0.29) is 12.5 Å². The van der Waals surface area contributed by atoms with Gasteiger partial charge in [-0.3, -0.25) is 4.79 Å². The molecule has 1 saturated carbocycles. The first kappa shape index (κ1) is 13.7. The van der Waals surface area contributed by atoms with E-state index in [1.165, 1.54) is 0 Å². The molecule has 1 aliphatic carbocycles. The molecular formula is C16H15N5O2. The number of hydrogen-bond acceptors (Lipinski definition) is 5. The van der Waals surface area contributed by atoms with Gasteiger partial charge in [0.05, 0.1) is 12.2 Å². The number of nitrogens with one attached hydrogen (secondary N) is 2. The number of carbonyl (C=O) groups excluding carboxylic acids is 1. The molecule has 0 spiro atoms. The Labute approximate surface area is 132 Å². The van der Waals surface area contributed by atoms with Gasteiger partial charge in [-0.25, -0.2) is 0 Å². The summed E-state index contributed by atoms with van der Waals surface area (Å²) in [6, 6.07) is 11.5. The maximum absolute atomic E-state index is 12.2. The van der Waals surface area contributed by atoms with Gasteiger partial charge in [-0.05, 0) is 12.8 Å². The summed E-state index contributed by atoms with van der Waals surface area (Å²) in [4.78, 5) is 12.2. The first-order valence-corrected chi connectivity index (χ1v) is 7.51. The number of nitrogens with zero attached hydrogens (tertiary/aromatic N) is 3. The number of aromatic amines is 1. The third-order valence-corrected chi connectivity index (χ3v) is 3.80. The number of rotatable bonds is 5. The van der Waals surface area contributed by atoms with Crippen LogP contribution in [0.15, 0.2) is 40.9 Å². The number of amides is 1. The van der Waals surface area contributed by atoms with Gasteiger partial charge in [0.25, 0.3) is 5.91 Å². The second kappa shape index (κ2) is 5.68. The Morgan fingerprint density at radius 3 is 2.87 bits per heavy atom. The highest BCUT2D eigenvalue weighted by Gasteiger charge is 2.31. The minimum atomic E-state index is -0.245. The SMILES string of the molecule is O=C(NCc1cc(-c2ccccc2)on1)c1n[nH]nc1C1CC1. The molecule has 4 rings (SSSR count). The van der Waals surface area contributed by atoms with E-state index in [2.05, 4.69) is 25.9 Å². The predicted molar refractivity (Wildman–Crippen MR) is 81.5 cm³/mol. The van der Waals surface area contributed by atoms with Crippen LogP contribution in [0, 0.1) is 0 Å².